The number of carbonyl (C=O) groups is 2. The van der Waals surface area contributed by atoms with Crippen molar-refractivity contribution in [3.8, 4) is 11.1 Å². The van der Waals surface area contributed by atoms with Gasteiger partial charge < -0.3 is 15.2 Å². The summed E-state index contributed by atoms with van der Waals surface area (Å²) in [6.07, 6.45) is -0.601. The van der Waals surface area contributed by atoms with Crippen molar-refractivity contribution in [2.75, 3.05) is 6.61 Å². The zero-order valence-electron chi connectivity index (χ0n) is 18.7. The van der Waals surface area contributed by atoms with E-state index >= 15 is 0 Å². The Bertz CT molecular complexity index is 1350. The van der Waals surface area contributed by atoms with Gasteiger partial charge in [0.1, 0.15) is 12.6 Å². The maximum Gasteiger partial charge on any atom is 0.407 e. The Morgan fingerprint density at radius 3 is 2.32 bits per heavy atom. The SMILES string of the molecule is Cc1ccc2cc(C[C@@H](NC(=O)OCC3c4ccccc4-c4ccccc43)C(=O)O)ccc2n1. The van der Waals surface area contributed by atoms with Crippen molar-refractivity contribution in [3.63, 3.8) is 0 Å². The summed E-state index contributed by atoms with van der Waals surface area (Å²) in [5.74, 6) is -1.20. The maximum atomic E-state index is 12.6. The van der Waals surface area contributed by atoms with Crippen LogP contribution >= 0.6 is 0 Å². The second-order valence-corrected chi connectivity index (χ2v) is 8.54. The highest BCUT2D eigenvalue weighted by atomic mass is 16.5. The van der Waals surface area contributed by atoms with E-state index in [1.807, 2.05) is 73.7 Å². The zero-order chi connectivity index (χ0) is 23.7. The van der Waals surface area contributed by atoms with Gasteiger partial charge in [0.05, 0.1) is 5.52 Å². The number of carboxylic acid groups (broad SMARTS) is 1. The summed E-state index contributed by atoms with van der Waals surface area (Å²) in [7, 11) is 0. The van der Waals surface area contributed by atoms with Crippen LogP contribution in [0.3, 0.4) is 0 Å². The van der Waals surface area contributed by atoms with E-state index in [0.717, 1.165) is 44.4 Å². The van der Waals surface area contributed by atoms with Crippen LogP contribution in [0.4, 0.5) is 4.79 Å². The number of aromatic nitrogens is 1. The van der Waals surface area contributed by atoms with Gasteiger partial charge in [0.25, 0.3) is 0 Å². The maximum absolute atomic E-state index is 12.6. The molecule has 0 saturated carbocycles. The van der Waals surface area contributed by atoms with Crippen LogP contribution in [0.15, 0.2) is 78.9 Å². The van der Waals surface area contributed by atoms with Crippen LogP contribution in [-0.4, -0.2) is 34.8 Å². The van der Waals surface area contributed by atoms with Crippen LogP contribution in [0.25, 0.3) is 22.0 Å². The number of carbonyl (C=O) groups excluding carboxylic acids is 1. The fourth-order valence-corrected chi connectivity index (χ4v) is 4.62. The van der Waals surface area contributed by atoms with Crippen LogP contribution in [0.5, 0.6) is 0 Å². The van der Waals surface area contributed by atoms with Gasteiger partial charge in [-0.3, -0.25) is 4.98 Å². The third-order valence-corrected chi connectivity index (χ3v) is 6.27. The molecule has 5 rings (SSSR count). The quantitative estimate of drug-likeness (QED) is 0.426. The highest BCUT2D eigenvalue weighted by Crippen LogP contribution is 2.44. The average Bonchev–Trinajstić information content (AvgIpc) is 3.16. The van der Waals surface area contributed by atoms with Crippen LogP contribution in [0, 0.1) is 6.92 Å². The van der Waals surface area contributed by atoms with Crippen LogP contribution in [0.2, 0.25) is 0 Å². The van der Waals surface area contributed by atoms with Gasteiger partial charge in [0.15, 0.2) is 0 Å². The molecule has 2 N–H and O–H groups in total. The van der Waals surface area contributed by atoms with E-state index in [1.54, 1.807) is 0 Å². The van der Waals surface area contributed by atoms with E-state index in [9.17, 15) is 14.7 Å². The van der Waals surface area contributed by atoms with E-state index in [4.69, 9.17) is 4.74 Å². The summed E-state index contributed by atoms with van der Waals surface area (Å²) in [6, 6.07) is 24.5. The van der Waals surface area contributed by atoms with E-state index in [1.165, 1.54) is 0 Å². The summed E-state index contributed by atoms with van der Waals surface area (Å²) in [4.78, 5) is 28.9. The molecule has 1 amide bonds. The number of pyridine rings is 1. The predicted octanol–water partition coefficient (Wildman–Crippen LogP) is 5.08. The van der Waals surface area contributed by atoms with Gasteiger partial charge in [-0.05, 0) is 52.9 Å². The molecule has 170 valence electrons. The molecule has 1 aliphatic rings. The number of nitrogens with one attached hydrogen (secondary N) is 1. The number of rotatable bonds is 6. The predicted molar refractivity (Wildman–Crippen MR) is 130 cm³/mol. The fourth-order valence-electron chi connectivity index (χ4n) is 4.62. The summed E-state index contributed by atoms with van der Waals surface area (Å²) in [6.45, 7) is 2.05. The smallest absolute Gasteiger partial charge is 0.407 e. The lowest BCUT2D eigenvalue weighted by molar-refractivity contribution is -0.139. The fraction of sp³-hybridized carbons (Fsp3) is 0.179. The molecule has 0 spiro atoms. The first-order chi connectivity index (χ1) is 16.5. The van der Waals surface area contributed by atoms with Crippen molar-refractivity contribution >= 4 is 23.0 Å². The lowest BCUT2D eigenvalue weighted by atomic mass is 9.98. The topological polar surface area (TPSA) is 88.5 Å². The van der Waals surface area contributed by atoms with Gasteiger partial charge in [0.2, 0.25) is 0 Å². The van der Waals surface area contributed by atoms with E-state index in [-0.39, 0.29) is 18.9 Å². The molecule has 6 nitrogen and oxygen atoms in total. The summed E-state index contributed by atoms with van der Waals surface area (Å²) < 4.78 is 5.52. The number of nitrogens with zero attached hydrogens (tertiary/aromatic N) is 1. The first-order valence-electron chi connectivity index (χ1n) is 11.2. The number of aliphatic carboxylic acids is 1. The van der Waals surface area contributed by atoms with Gasteiger partial charge in [-0.25, -0.2) is 9.59 Å². The first kappa shape index (κ1) is 21.6. The summed E-state index contributed by atoms with van der Waals surface area (Å²) in [5.41, 5.74) is 7.04. The largest absolute Gasteiger partial charge is 0.480 e. The van der Waals surface area contributed by atoms with Crippen molar-refractivity contribution in [3.05, 3.63) is 101 Å². The molecule has 0 saturated heterocycles. The highest BCUT2D eigenvalue weighted by molar-refractivity contribution is 5.82. The normalized spacial score (nSPS) is 13.2. The van der Waals surface area contributed by atoms with E-state index in [2.05, 4.69) is 22.4 Å². The Balaban J connectivity index is 1.27. The first-order valence-corrected chi connectivity index (χ1v) is 11.2. The number of benzene rings is 3. The van der Waals surface area contributed by atoms with Gasteiger partial charge >= 0.3 is 12.1 Å². The standard InChI is InChI=1S/C28H24N2O4/c1-17-10-12-19-14-18(11-13-25(19)29-17)15-26(27(31)32)30-28(33)34-16-24-22-8-4-2-6-20(22)21-7-3-5-9-23(21)24/h2-14,24,26H,15-16H2,1H3,(H,30,33)(H,31,32)/t26-/m1/s1. The second kappa shape index (κ2) is 8.98. The number of hydrogen-bond acceptors (Lipinski definition) is 4. The van der Waals surface area contributed by atoms with Crippen molar-refractivity contribution in [1.29, 1.82) is 0 Å². The molecule has 34 heavy (non-hydrogen) atoms. The highest BCUT2D eigenvalue weighted by Gasteiger charge is 2.29. The number of hydrogen-bond donors (Lipinski definition) is 2. The lowest BCUT2D eigenvalue weighted by Crippen LogP contribution is -2.42. The number of fused-ring (bicyclic) bond motifs is 4. The molecule has 0 unspecified atom stereocenters. The Hall–Kier alpha value is -4.19. The molecular formula is C28H24N2O4. The molecule has 1 aromatic heterocycles. The molecule has 0 aliphatic heterocycles. The van der Waals surface area contributed by atoms with Gasteiger partial charge in [0, 0.05) is 23.4 Å². The third kappa shape index (κ3) is 4.22. The van der Waals surface area contributed by atoms with Crippen molar-refractivity contribution in [2.24, 2.45) is 0 Å². The molecule has 6 heteroatoms. The number of aryl methyl sites for hydroxylation is 1. The monoisotopic (exact) mass is 452 g/mol. The average molecular weight is 453 g/mol. The minimum absolute atomic E-state index is 0.0853. The minimum atomic E-state index is -1.12. The van der Waals surface area contributed by atoms with Crippen LogP contribution in [-0.2, 0) is 16.0 Å². The Labute approximate surface area is 197 Å². The minimum Gasteiger partial charge on any atom is -0.480 e. The molecule has 0 fully saturated rings. The van der Waals surface area contributed by atoms with Gasteiger partial charge in [-0.1, -0.05) is 60.7 Å². The summed E-state index contributed by atoms with van der Waals surface area (Å²) >= 11 is 0. The molecule has 4 aromatic rings. The Kier molecular flexibility index (Phi) is 5.72. The summed E-state index contributed by atoms with van der Waals surface area (Å²) in [5, 5.41) is 13.1. The van der Waals surface area contributed by atoms with Crippen LogP contribution < -0.4 is 5.32 Å². The molecule has 0 bridgehead atoms. The number of ether oxygens (including phenoxy) is 1. The molecule has 1 atom stereocenters. The Morgan fingerprint density at radius 1 is 0.971 bits per heavy atom. The molecule has 1 heterocycles. The number of alkyl carbamates (subject to hydrolysis) is 1. The van der Waals surface area contributed by atoms with Crippen molar-refractivity contribution in [1.82, 2.24) is 10.3 Å². The molecular weight excluding hydrogens is 428 g/mol. The van der Waals surface area contributed by atoms with Crippen molar-refractivity contribution < 1.29 is 19.4 Å². The van der Waals surface area contributed by atoms with E-state index < -0.39 is 18.1 Å². The number of amides is 1. The van der Waals surface area contributed by atoms with Gasteiger partial charge in [-0.2, -0.15) is 0 Å². The molecule has 0 radical (unpaired) electrons. The molecule has 3 aromatic carbocycles. The third-order valence-electron chi connectivity index (χ3n) is 6.27. The van der Waals surface area contributed by atoms with Crippen LogP contribution in [0.1, 0.15) is 28.3 Å². The second-order valence-electron chi connectivity index (χ2n) is 8.54. The van der Waals surface area contributed by atoms with Crippen molar-refractivity contribution in [2.45, 2.75) is 25.3 Å². The van der Waals surface area contributed by atoms with E-state index in [0.29, 0.717) is 0 Å². The van der Waals surface area contributed by atoms with Gasteiger partial charge in [-0.15, -0.1) is 0 Å². The number of carboxylic acids is 1. The lowest BCUT2D eigenvalue weighted by Gasteiger charge is -2.17. The molecule has 1 aliphatic carbocycles. The zero-order valence-corrected chi connectivity index (χ0v) is 18.7. The Morgan fingerprint density at radius 2 is 1.65 bits per heavy atom.